The zero-order chi connectivity index (χ0) is 21.6. The van der Waals surface area contributed by atoms with E-state index in [1.165, 1.54) is 11.1 Å². The minimum atomic E-state index is -0.438. The summed E-state index contributed by atoms with van der Waals surface area (Å²) < 4.78 is 5.90. The second-order valence-corrected chi connectivity index (χ2v) is 9.66. The van der Waals surface area contributed by atoms with Gasteiger partial charge in [0.05, 0.1) is 6.10 Å². The van der Waals surface area contributed by atoms with Crippen LogP contribution in [0.1, 0.15) is 89.7 Å². The third-order valence-electron chi connectivity index (χ3n) is 6.31. The van der Waals surface area contributed by atoms with E-state index in [9.17, 15) is 0 Å². The maximum Gasteiger partial charge on any atom is 0.228 e. The van der Waals surface area contributed by atoms with Gasteiger partial charge in [0.2, 0.25) is 6.29 Å². The summed E-state index contributed by atoms with van der Waals surface area (Å²) in [5, 5.41) is 0. The Morgan fingerprint density at radius 3 is 2.10 bits per heavy atom. The molecular weight excluding hydrogens is 372 g/mol. The summed E-state index contributed by atoms with van der Waals surface area (Å²) in [7, 11) is 0. The number of rotatable bonds is 8. The Hall–Kier alpha value is -1.84. The van der Waals surface area contributed by atoms with Gasteiger partial charge in [-0.05, 0) is 72.6 Å². The highest BCUT2D eigenvalue weighted by Crippen LogP contribution is 2.38. The van der Waals surface area contributed by atoms with E-state index >= 15 is 0 Å². The molecule has 0 amide bonds. The topological polar surface area (TPSA) is 27.7 Å². The predicted molar refractivity (Wildman–Crippen MR) is 123 cm³/mol. The molecule has 0 heterocycles. The van der Waals surface area contributed by atoms with Gasteiger partial charge < -0.3 is 4.74 Å². The van der Waals surface area contributed by atoms with E-state index in [0.29, 0.717) is 11.8 Å². The molecule has 0 aromatic heterocycles. The van der Waals surface area contributed by atoms with Crippen LogP contribution in [0.3, 0.4) is 0 Å². The monoisotopic (exact) mass is 410 g/mol. The van der Waals surface area contributed by atoms with Crippen molar-refractivity contribution >= 4 is 0 Å². The van der Waals surface area contributed by atoms with E-state index in [1.807, 2.05) is 19.1 Å². The summed E-state index contributed by atoms with van der Waals surface area (Å²) in [6.45, 7) is 11.0. The largest absolute Gasteiger partial charge is 0.462 e. The molecule has 2 atom stereocenters. The van der Waals surface area contributed by atoms with Gasteiger partial charge in [-0.3, -0.25) is 0 Å². The molecule has 2 aromatic rings. The summed E-state index contributed by atoms with van der Waals surface area (Å²) in [5.74, 6) is 1.99. The fourth-order valence-corrected chi connectivity index (χ4v) is 4.71. The fraction of sp³-hybridized carbons (Fsp3) is 0.556. The van der Waals surface area contributed by atoms with Crippen molar-refractivity contribution in [3.8, 4) is 5.75 Å². The summed E-state index contributed by atoms with van der Waals surface area (Å²) in [4.78, 5) is 11.3. The van der Waals surface area contributed by atoms with Crippen molar-refractivity contribution in [1.29, 1.82) is 0 Å². The Labute approximate surface area is 182 Å². The Balaban J connectivity index is 1.42. The van der Waals surface area contributed by atoms with E-state index in [2.05, 4.69) is 70.2 Å². The van der Waals surface area contributed by atoms with Gasteiger partial charge >= 0.3 is 0 Å². The first-order valence-corrected chi connectivity index (χ1v) is 11.5. The van der Waals surface area contributed by atoms with Crippen LogP contribution in [0.5, 0.6) is 5.75 Å². The molecule has 0 N–H and O–H groups in total. The number of hydrogen-bond acceptors (Lipinski definition) is 3. The van der Waals surface area contributed by atoms with Gasteiger partial charge in [0.15, 0.2) is 0 Å². The van der Waals surface area contributed by atoms with Crippen molar-refractivity contribution in [3.05, 3.63) is 65.7 Å². The van der Waals surface area contributed by atoms with E-state index in [4.69, 9.17) is 14.5 Å². The summed E-state index contributed by atoms with van der Waals surface area (Å²) in [6.07, 6.45) is 5.16. The van der Waals surface area contributed by atoms with Crippen molar-refractivity contribution < 1.29 is 14.5 Å². The van der Waals surface area contributed by atoms with Gasteiger partial charge in [-0.15, -0.1) is 0 Å². The van der Waals surface area contributed by atoms with E-state index in [0.717, 1.165) is 37.9 Å². The lowest BCUT2D eigenvalue weighted by atomic mass is 9.75. The van der Waals surface area contributed by atoms with Crippen molar-refractivity contribution in [2.45, 2.75) is 91.0 Å². The lowest BCUT2D eigenvalue weighted by Gasteiger charge is -2.30. The smallest absolute Gasteiger partial charge is 0.228 e. The second-order valence-electron chi connectivity index (χ2n) is 9.66. The number of benzene rings is 2. The zero-order valence-electron chi connectivity index (χ0n) is 19.3. The van der Waals surface area contributed by atoms with Crippen LogP contribution in [0, 0.1) is 5.41 Å². The van der Waals surface area contributed by atoms with Crippen LogP contribution < -0.4 is 4.74 Å². The zero-order valence-corrected chi connectivity index (χ0v) is 19.3. The van der Waals surface area contributed by atoms with E-state index in [1.54, 1.807) is 0 Å². The van der Waals surface area contributed by atoms with Crippen LogP contribution in [0.15, 0.2) is 54.6 Å². The minimum Gasteiger partial charge on any atom is -0.462 e. The molecule has 3 heteroatoms. The van der Waals surface area contributed by atoms with Gasteiger partial charge in [0.25, 0.3) is 0 Å². The van der Waals surface area contributed by atoms with E-state index in [-0.39, 0.29) is 11.5 Å². The fourth-order valence-electron chi connectivity index (χ4n) is 4.71. The molecule has 1 saturated carbocycles. The Kier molecular flexibility index (Phi) is 7.96. The number of ether oxygens (including phenoxy) is 1. The average molecular weight is 411 g/mol. The Morgan fingerprint density at radius 2 is 1.53 bits per heavy atom. The van der Waals surface area contributed by atoms with Gasteiger partial charge in [-0.1, -0.05) is 70.2 Å². The first-order chi connectivity index (χ1) is 14.4. The highest BCUT2D eigenvalue weighted by atomic mass is 17.2. The van der Waals surface area contributed by atoms with Crippen LogP contribution in [0.25, 0.3) is 0 Å². The molecule has 1 aliphatic carbocycles. The third-order valence-corrected chi connectivity index (χ3v) is 6.31. The molecule has 0 radical (unpaired) electrons. The molecule has 1 aliphatic rings. The van der Waals surface area contributed by atoms with Gasteiger partial charge in [0.1, 0.15) is 5.75 Å². The van der Waals surface area contributed by atoms with Crippen LogP contribution in [0.2, 0.25) is 0 Å². The molecule has 0 spiro atoms. The summed E-state index contributed by atoms with van der Waals surface area (Å²) in [5.41, 5.74) is 3.05. The molecule has 0 bridgehead atoms. The molecule has 1 fully saturated rings. The molecular formula is C27H38O3. The maximum atomic E-state index is 5.90. The van der Waals surface area contributed by atoms with Gasteiger partial charge in [-0.25, -0.2) is 4.89 Å². The van der Waals surface area contributed by atoms with Crippen molar-refractivity contribution in [1.82, 2.24) is 0 Å². The Bertz CT molecular complexity index is 740. The maximum absolute atomic E-state index is 5.90. The van der Waals surface area contributed by atoms with Gasteiger partial charge in [0, 0.05) is 6.92 Å². The minimum absolute atomic E-state index is 0.149. The first-order valence-electron chi connectivity index (χ1n) is 11.5. The van der Waals surface area contributed by atoms with Crippen LogP contribution >= 0.6 is 0 Å². The van der Waals surface area contributed by atoms with Crippen molar-refractivity contribution in [2.75, 3.05) is 0 Å². The summed E-state index contributed by atoms with van der Waals surface area (Å²) in [6, 6.07) is 19.2. The third kappa shape index (κ3) is 6.33. The summed E-state index contributed by atoms with van der Waals surface area (Å²) >= 11 is 0. The lowest BCUT2D eigenvalue weighted by molar-refractivity contribution is -0.383. The molecule has 3 nitrogen and oxygen atoms in total. The van der Waals surface area contributed by atoms with Crippen LogP contribution in [-0.2, 0) is 9.78 Å². The van der Waals surface area contributed by atoms with E-state index < -0.39 is 6.29 Å². The molecule has 2 aromatic carbocycles. The lowest BCUT2D eigenvalue weighted by Crippen LogP contribution is -2.25. The quantitative estimate of drug-likeness (QED) is 0.254. The van der Waals surface area contributed by atoms with Crippen LogP contribution in [0.4, 0.5) is 0 Å². The SMILES string of the molecule is CCC(c1ccc(OC(C)OOC2CCC(c3ccccc3)CC2)cc1)C(C)(C)C. The molecule has 164 valence electrons. The van der Waals surface area contributed by atoms with Crippen molar-refractivity contribution in [3.63, 3.8) is 0 Å². The second kappa shape index (κ2) is 10.5. The highest BCUT2D eigenvalue weighted by molar-refractivity contribution is 5.30. The molecule has 0 saturated heterocycles. The van der Waals surface area contributed by atoms with Gasteiger partial charge in [-0.2, -0.15) is 4.89 Å². The highest BCUT2D eigenvalue weighted by Gasteiger charge is 2.25. The average Bonchev–Trinajstić information content (AvgIpc) is 2.74. The first kappa shape index (κ1) is 22.8. The number of hydrogen-bond donors (Lipinski definition) is 0. The molecule has 2 unspecified atom stereocenters. The predicted octanol–water partition coefficient (Wildman–Crippen LogP) is 7.63. The van der Waals surface area contributed by atoms with Crippen LogP contribution in [-0.4, -0.2) is 12.4 Å². The molecule has 30 heavy (non-hydrogen) atoms. The Morgan fingerprint density at radius 1 is 0.900 bits per heavy atom. The normalized spacial score (nSPS) is 21.8. The van der Waals surface area contributed by atoms with Crippen molar-refractivity contribution in [2.24, 2.45) is 5.41 Å². The molecule has 0 aliphatic heterocycles. The molecule has 3 rings (SSSR count). The standard InChI is InChI=1S/C27H38O3/c1-6-26(27(3,4)5)23-14-16-24(17-15-23)28-20(2)29-30-25-18-12-22(13-19-25)21-10-8-7-9-11-21/h7-11,14-17,20,22,25-26H,6,12-13,18-19H2,1-5H3.